The number of fused-ring (bicyclic) bond motifs is 1. The normalized spacial score (nSPS) is 18.0. The van der Waals surface area contributed by atoms with Crippen LogP contribution in [-0.2, 0) is 55.4 Å². The average Bonchev–Trinajstić information content (AvgIpc) is 3.82. The maximum atomic E-state index is 12.4. The minimum atomic E-state index is -5.80. The van der Waals surface area contributed by atoms with Crippen LogP contribution in [0, 0.1) is 11.8 Å². The van der Waals surface area contributed by atoms with E-state index in [-0.39, 0.29) is 73.5 Å². The number of phosphoric ester groups is 1. The number of azide groups is 2. The smallest absolute Gasteiger partial charge is 0.490 e. The highest BCUT2D eigenvalue weighted by molar-refractivity contribution is 7.66. The molecule has 30 nitrogen and oxygen atoms in total. The molecule has 1 fully saturated rings. The van der Waals surface area contributed by atoms with E-state index in [1.165, 1.54) is 23.8 Å². The molecule has 0 bridgehead atoms. The van der Waals surface area contributed by atoms with E-state index in [0.717, 1.165) is 6.33 Å². The second-order valence-corrected chi connectivity index (χ2v) is 17.7. The fraction of sp³-hybridized carbons (Fsp3) is 0.485. The molecule has 358 valence electrons. The van der Waals surface area contributed by atoms with Gasteiger partial charge in [0.2, 0.25) is 5.91 Å². The van der Waals surface area contributed by atoms with E-state index in [1.54, 1.807) is 18.2 Å². The van der Waals surface area contributed by atoms with Crippen LogP contribution >= 0.6 is 23.5 Å². The Morgan fingerprint density at radius 2 is 1.88 bits per heavy atom. The van der Waals surface area contributed by atoms with E-state index in [2.05, 4.69) is 61.1 Å². The van der Waals surface area contributed by atoms with Gasteiger partial charge in [-0.25, -0.2) is 23.7 Å². The number of amides is 2. The van der Waals surface area contributed by atoms with Gasteiger partial charge in [-0.05, 0) is 42.6 Å². The SMILES string of the molecule is CC(=O)CCCNC(=O)c1cccc(OCC(N=[N+]=[N-])OCCOCC(=O)NCC#Cc2cn(C3CC(OCN=[N+]=[N-])C(COP(=O)(O)OP(=O)(O)OP(=O)(O)O)O3)c3ncnc(N)c23)c1. The number of carbonyl (C=O) groups excluding carboxylic acids is 3. The van der Waals surface area contributed by atoms with Crippen molar-refractivity contribution in [2.75, 3.05) is 58.6 Å². The average molecular weight is 989 g/mol. The number of aromatic nitrogens is 3. The Bertz CT molecular complexity index is 2500. The summed E-state index contributed by atoms with van der Waals surface area (Å²) in [6.45, 7) is -0.506. The Hall–Kier alpha value is -5.52. The fourth-order valence-corrected chi connectivity index (χ4v) is 8.72. The molecule has 6 unspecified atom stereocenters. The van der Waals surface area contributed by atoms with E-state index in [4.69, 9.17) is 54.8 Å². The van der Waals surface area contributed by atoms with Crippen LogP contribution in [-0.4, -0.2) is 123 Å². The topological polar surface area (TPSA) is 435 Å². The summed E-state index contributed by atoms with van der Waals surface area (Å²) in [6.07, 6.45) is -0.903. The van der Waals surface area contributed by atoms with Crippen molar-refractivity contribution in [1.29, 1.82) is 0 Å². The first-order valence-electron chi connectivity index (χ1n) is 19.0. The minimum Gasteiger partial charge on any atom is -0.491 e. The molecule has 66 heavy (non-hydrogen) atoms. The third-order valence-electron chi connectivity index (χ3n) is 8.39. The lowest BCUT2D eigenvalue weighted by atomic mass is 10.2. The molecule has 1 aliphatic rings. The molecular weight excluding hydrogens is 945 g/mol. The molecule has 2 amide bonds. The van der Waals surface area contributed by atoms with Crippen molar-refractivity contribution in [3.8, 4) is 17.6 Å². The molecule has 33 heteroatoms. The van der Waals surface area contributed by atoms with Crippen LogP contribution in [0.4, 0.5) is 5.82 Å². The van der Waals surface area contributed by atoms with Gasteiger partial charge in [0.25, 0.3) is 5.91 Å². The van der Waals surface area contributed by atoms with Gasteiger partial charge in [0.1, 0.15) is 61.6 Å². The van der Waals surface area contributed by atoms with Crippen molar-refractivity contribution < 1.29 is 84.5 Å². The van der Waals surface area contributed by atoms with Crippen LogP contribution < -0.4 is 21.1 Å². The number of nitrogens with two attached hydrogens (primary N) is 1. The van der Waals surface area contributed by atoms with Gasteiger partial charge in [-0.15, -0.1) is 0 Å². The van der Waals surface area contributed by atoms with Crippen LogP contribution in [0.1, 0.15) is 48.3 Å². The molecule has 6 atom stereocenters. The predicted octanol–water partition coefficient (Wildman–Crippen LogP) is 2.61. The zero-order valence-electron chi connectivity index (χ0n) is 34.5. The van der Waals surface area contributed by atoms with Crippen molar-refractivity contribution in [2.24, 2.45) is 10.2 Å². The van der Waals surface area contributed by atoms with Crippen LogP contribution in [0.15, 0.2) is 47.0 Å². The van der Waals surface area contributed by atoms with E-state index in [0.29, 0.717) is 30.7 Å². The van der Waals surface area contributed by atoms with Crippen LogP contribution in [0.5, 0.6) is 5.75 Å². The van der Waals surface area contributed by atoms with Gasteiger partial charge in [0.15, 0.2) is 6.23 Å². The lowest BCUT2D eigenvalue weighted by Gasteiger charge is -2.21. The standard InChI is InChI=1S/C33H43N12O18P3/c1-21(46)5-3-10-38-33(48)22-6-2-8-24(13-22)58-18-28(42-44-36)57-12-11-56-17-27(47)37-9-4-7-23-15-45(32-30(23)31(34)39-19-40-32)29-14-25(59-20-41-43-35)26(61-29)16-60-65(52,53)63-66(54,55)62-64(49,50)51/h2,6,8,13,15,19,25-26,28-29H,3,5,9-12,14,16-18,20H2,1H3,(H,37,47)(H,38,48)(H,52,53)(H,54,55)(H2,34,39,40)(H2,49,50,51). The Morgan fingerprint density at radius 1 is 1.09 bits per heavy atom. The molecule has 1 saturated heterocycles. The van der Waals surface area contributed by atoms with E-state index in [9.17, 15) is 37.9 Å². The number of carbonyl (C=O) groups is 3. The highest BCUT2D eigenvalue weighted by Gasteiger charge is 2.43. The molecule has 3 aromatic rings. The summed E-state index contributed by atoms with van der Waals surface area (Å²) in [4.78, 5) is 86.5. The fourth-order valence-electron chi connectivity index (χ4n) is 5.69. The van der Waals surface area contributed by atoms with E-state index >= 15 is 0 Å². The summed E-state index contributed by atoms with van der Waals surface area (Å²) in [5.41, 5.74) is 24.6. The number of rotatable bonds is 27. The van der Waals surface area contributed by atoms with Gasteiger partial charge in [-0.2, -0.15) is 8.62 Å². The van der Waals surface area contributed by atoms with Crippen LogP contribution in [0.3, 0.4) is 0 Å². The summed E-state index contributed by atoms with van der Waals surface area (Å²) >= 11 is 0. The van der Waals surface area contributed by atoms with Crippen molar-refractivity contribution in [2.45, 2.75) is 50.8 Å². The third-order valence-corrected chi connectivity index (χ3v) is 12.2. The van der Waals surface area contributed by atoms with Gasteiger partial charge in [-0.1, -0.05) is 28.1 Å². The van der Waals surface area contributed by atoms with Gasteiger partial charge in [0, 0.05) is 41.0 Å². The first-order valence-corrected chi connectivity index (χ1v) is 23.5. The summed E-state index contributed by atoms with van der Waals surface area (Å²) in [5.74, 6) is 5.09. The number of benzene rings is 1. The number of Topliss-reactive ketones (excluding diaryl/α,β-unsaturated/α-hetero) is 1. The largest absolute Gasteiger partial charge is 0.491 e. The maximum absolute atomic E-state index is 12.4. The monoisotopic (exact) mass is 988 g/mol. The molecule has 1 aromatic carbocycles. The zero-order chi connectivity index (χ0) is 48.3. The lowest BCUT2D eigenvalue weighted by molar-refractivity contribution is -0.126. The molecule has 2 aromatic heterocycles. The summed E-state index contributed by atoms with van der Waals surface area (Å²) in [7, 11) is -17.0. The van der Waals surface area contributed by atoms with Crippen LogP contribution in [0.2, 0.25) is 0 Å². The van der Waals surface area contributed by atoms with Gasteiger partial charge in [-0.3, -0.25) is 14.1 Å². The Kier molecular flexibility index (Phi) is 20.4. The first-order chi connectivity index (χ1) is 31.3. The second-order valence-electron chi connectivity index (χ2n) is 13.3. The molecule has 8 N–H and O–H groups in total. The second kappa shape index (κ2) is 25.4. The quantitative estimate of drug-likeness (QED) is 0.0144. The molecule has 3 heterocycles. The molecule has 1 aliphatic heterocycles. The molecule has 0 spiro atoms. The zero-order valence-corrected chi connectivity index (χ0v) is 37.2. The number of ether oxygens (including phenoxy) is 5. The number of ketones is 1. The number of phosphoric acid groups is 3. The highest BCUT2D eigenvalue weighted by atomic mass is 31.3. The van der Waals surface area contributed by atoms with Gasteiger partial charge < -0.3 is 69.0 Å². The van der Waals surface area contributed by atoms with Gasteiger partial charge in [0.05, 0.1) is 43.4 Å². The molecule has 0 saturated carbocycles. The molecule has 4 rings (SSSR count). The van der Waals surface area contributed by atoms with E-state index in [1.807, 2.05) is 0 Å². The predicted molar refractivity (Wildman–Crippen MR) is 223 cm³/mol. The minimum absolute atomic E-state index is 0.0169. The molecule has 0 aliphatic carbocycles. The Balaban J connectivity index is 1.28. The van der Waals surface area contributed by atoms with Crippen molar-refractivity contribution in [1.82, 2.24) is 25.2 Å². The Labute approximate surface area is 373 Å². The molecular formula is C33H43N12O18P3. The third kappa shape index (κ3) is 18.0. The number of hydrogen-bond donors (Lipinski definition) is 7. The lowest BCUT2D eigenvalue weighted by Crippen LogP contribution is -2.29. The van der Waals surface area contributed by atoms with Crippen molar-refractivity contribution >= 4 is 57.9 Å². The first kappa shape index (κ1) is 53.1. The van der Waals surface area contributed by atoms with E-state index < -0.39 is 67.4 Å². The van der Waals surface area contributed by atoms with Gasteiger partial charge >= 0.3 is 23.5 Å². The van der Waals surface area contributed by atoms with Crippen molar-refractivity contribution in [3.05, 3.63) is 68.8 Å². The number of nitrogens with zero attached hydrogens (tertiary/aromatic N) is 9. The number of nitrogen functional groups attached to an aromatic ring is 1. The number of hydrogen-bond acceptors (Lipinski definition) is 19. The highest BCUT2D eigenvalue weighted by Crippen LogP contribution is 2.66. The number of nitrogens with one attached hydrogen (secondary N) is 2. The summed E-state index contributed by atoms with van der Waals surface area (Å²) < 4.78 is 76.8. The van der Waals surface area contributed by atoms with Crippen LogP contribution in [0.25, 0.3) is 31.9 Å². The summed E-state index contributed by atoms with van der Waals surface area (Å²) in [5, 5.41) is 12.4. The maximum Gasteiger partial charge on any atom is 0.490 e. The number of anilines is 1. The Morgan fingerprint density at radius 3 is 2.61 bits per heavy atom. The molecule has 0 radical (unpaired) electrons. The summed E-state index contributed by atoms with van der Waals surface area (Å²) in [6, 6.07) is 6.29. The van der Waals surface area contributed by atoms with Crippen molar-refractivity contribution in [3.63, 3.8) is 0 Å².